The number of aliphatic hydroxyl groups excluding tert-OH is 2. The Labute approximate surface area is 858 Å². The van der Waals surface area contributed by atoms with Gasteiger partial charge in [0.25, 0.3) is 0 Å². The summed E-state index contributed by atoms with van der Waals surface area (Å²) >= 11 is 0. The second-order valence-corrected chi connectivity index (χ2v) is 52.8. The normalized spacial score (nSPS) is 34.4. The summed E-state index contributed by atoms with van der Waals surface area (Å²) in [6.45, 7) is 54.0. The van der Waals surface area contributed by atoms with Crippen molar-refractivity contribution in [2.24, 2.45) is 144 Å². The number of carbonyl (C=O) groups excluding carboxylic acids is 11. The Hall–Kier alpha value is -6.15. The average Bonchev–Trinajstić information content (AvgIpc) is 1.62. The van der Waals surface area contributed by atoms with Gasteiger partial charge in [0.1, 0.15) is 66.1 Å². The van der Waals surface area contributed by atoms with E-state index in [2.05, 4.69) is 39.4 Å². The van der Waals surface area contributed by atoms with E-state index in [1.807, 2.05) is 152 Å². The van der Waals surface area contributed by atoms with Crippen LogP contribution in [0.5, 0.6) is 0 Å². The van der Waals surface area contributed by atoms with Crippen molar-refractivity contribution in [2.45, 2.75) is 496 Å². The van der Waals surface area contributed by atoms with Crippen LogP contribution in [0, 0.1) is 144 Å². The van der Waals surface area contributed by atoms with E-state index in [-0.39, 0.29) is 184 Å². The molecule has 0 spiro atoms. The van der Waals surface area contributed by atoms with Crippen molar-refractivity contribution in [3.63, 3.8) is 0 Å². The first-order valence-corrected chi connectivity index (χ1v) is 56.7. The van der Waals surface area contributed by atoms with E-state index in [0.29, 0.717) is 66.3 Å². The molecule has 14 bridgehead atoms. The third kappa shape index (κ3) is 26.7. The number of fused-ring (bicyclic) bond motifs is 7. The fourth-order valence-electron chi connectivity index (χ4n) is 26.7. The first-order chi connectivity index (χ1) is 66.9. The number of rotatable bonds is 32. The van der Waals surface area contributed by atoms with Gasteiger partial charge in [-0.05, 0) is 408 Å². The first-order valence-electron chi connectivity index (χ1n) is 56.7. The summed E-state index contributed by atoms with van der Waals surface area (Å²) in [4.78, 5) is 131. The van der Waals surface area contributed by atoms with Crippen LogP contribution < -0.4 is 0 Å². The summed E-state index contributed by atoms with van der Waals surface area (Å²) < 4.78 is 72.4. The third-order valence-corrected chi connectivity index (χ3v) is 39.9. The Balaban J connectivity index is 0.000000157. The zero-order chi connectivity index (χ0) is 106. The summed E-state index contributed by atoms with van der Waals surface area (Å²) in [5, 5.41) is 18.6. The molecule has 17 aliphatic carbocycles. The smallest absolute Gasteiger partial charge is 0.462 e. The Morgan fingerprint density at radius 2 is 0.741 bits per heavy atom. The molecule has 3 saturated heterocycles. The summed E-state index contributed by atoms with van der Waals surface area (Å²) in [5.41, 5.74) is -4.22. The van der Waals surface area contributed by atoms with Crippen molar-refractivity contribution in [3.8, 4) is 0 Å². The number of aliphatic hydroxyl groups is 2. The van der Waals surface area contributed by atoms with Crippen molar-refractivity contribution >= 4 is 65.8 Å². The van der Waals surface area contributed by atoms with E-state index in [4.69, 9.17) is 56.8 Å². The Kier molecular flexibility index (Phi) is 38.3. The number of hydrogen-bond donors (Lipinski definition) is 2. The molecule has 0 aromatic rings. The summed E-state index contributed by atoms with van der Waals surface area (Å²) in [5.74, 6) is 7.94. The molecule has 3 aliphatic heterocycles. The van der Waals surface area contributed by atoms with Gasteiger partial charge < -0.3 is 71.8 Å². The lowest BCUT2D eigenvalue weighted by Crippen LogP contribution is -2.62. The maximum atomic E-state index is 12.7. The minimum atomic E-state index is -0.703. The zero-order valence-corrected chi connectivity index (χ0v) is 93.4. The lowest BCUT2D eigenvalue weighted by atomic mass is 9.50. The highest BCUT2D eigenvalue weighted by Gasteiger charge is 2.67. The molecule has 0 aromatic heterocycles. The molecule has 0 radical (unpaired) electrons. The first kappa shape index (κ1) is 117. The highest BCUT2D eigenvalue weighted by atomic mass is 16.8. The molecule has 20 rings (SSSR count). The second-order valence-electron chi connectivity index (χ2n) is 52.8. The van der Waals surface area contributed by atoms with Gasteiger partial charge in [-0.3, -0.25) is 47.9 Å². The minimum absolute atomic E-state index is 0.0185. The molecule has 0 amide bonds. The van der Waals surface area contributed by atoms with Crippen molar-refractivity contribution in [1.82, 2.24) is 0 Å². The van der Waals surface area contributed by atoms with E-state index in [9.17, 15) is 63.0 Å². The molecule has 816 valence electrons. The maximum absolute atomic E-state index is 12.7. The molecule has 20 aliphatic rings. The van der Waals surface area contributed by atoms with Gasteiger partial charge in [-0.15, -0.1) is 0 Å². The zero-order valence-electron chi connectivity index (χ0n) is 93.4. The van der Waals surface area contributed by atoms with Crippen LogP contribution in [0.15, 0.2) is 0 Å². The maximum Gasteiger partial charge on any atom is 0.508 e. The molecule has 26 nitrogen and oxygen atoms in total. The van der Waals surface area contributed by atoms with Gasteiger partial charge >= 0.3 is 65.8 Å². The van der Waals surface area contributed by atoms with Crippen LogP contribution in [0.25, 0.3) is 0 Å². The predicted octanol–water partition coefficient (Wildman–Crippen LogP) is 23.4. The molecular formula is C117H192O26. The molecule has 0 aromatic carbocycles. The van der Waals surface area contributed by atoms with Crippen LogP contribution >= 0.6 is 0 Å². The van der Waals surface area contributed by atoms with Gasteiger partial charge in [0.15, 0.2) is 6.10 Å². The number of carbonyl (C=O) groups is 11. The van der Waals surface area contributed by atoms with Crippen molar-refractivity contribution < 1.29 is 125 Å². The Bertz CT molecular complexity index is 4170. The predicted molar refractivity (Wildman–Crippen MR) is 542 cm³/mol. The number of hydrogen-bond acceptors (Lipinski definition) is 26. The summed E-state index contributed by atoms with van der Waals surface area (Å²) in [7, 11) is 0. The summed E-state index contributed by atoms with van der Waals surface area (Å²) in [6, 6.07) is 0. The summed E-state index contributed by atoms with van der Waals surface area (Å²) in [6.07, 6.45) is 38.5. The number of cyclic esters (lactones) is 2. The highest BCUT2D eigenvalue weighted by Crippen LogP contribution is 2.65. The van der Waals surface area contributed by atoms with Crippen LogP contribution in [0.1, 0.15) is 431 Å². The fourth-order valence-corrected chi connectivity index (χ4v) is 26.7. The Morgan fingerprint density at radius 1 is 0.378 bits per heavy atom. The standard InChI is InChI=1S/C20H34O5.C17H28O2.C16H26O2.2C14H20O4.2C13H24O2.C10H16O5/c1-4-18(2,3)17(23)25-20-8-14-5-15(9-20)7-19(6-14,13-20)24-12-16(10-21)11-22;1-5-16(2,3)15(18)19-17(4)13-7-11-6-12(9-13)10-14(17)8-11;1-4-16(2,3)15(17)18-14-9-10-8-13(14)12-7-5-6-11(10)12;2*1-4-14(2,3)13(16)18-10-7-5-8-9(6-7)12(15)17-11(8)10;2*1-5-12(3,4)11(14)15-13(6-2)9-7-8-10-13;1-4-10(2,3)8(11)13-5-7-6-14-9(12)15-7/h14-16,21-22H,4-13H2,1-3H3;11-14H,5-10H2,1-4H3;10-14H,4-9H2,1-3H3;2*7-11H,4-6H2,1-3H3;2*5-10H2,1-4H3;7H,4-6H2,1-3H3. The lowest BCUT2D eigenvalue weighted by molar-refractivity contribution is -0.241. The molecule has 143 heavy (non-hydrogen) atoms. The minimum Gasteiger partial charge on any atom is -0.462 e. The van der Waals surface area contributed by atoms with E-state index < -0.39 is 33.9 Å². The van der Waals surface area contributed by atoms with E-state index in [1.54, 1.807) is 0 Å². The van der Waals surface area contributed by atoms with Crippen LogP contribution in [0.3, 0.4) is 0 Å². The molecule has 26 heteroatoms. The van der Waals surface area contributed by atoms with Gasteiger partial charge in [0, 0.05) is 36.0 Å². The molecule has 3 heterocycles. The Morgan fingerprint density at radius 3 is 1.13 bits per heavy atom. The SMILES string of the molecule is CCC(C)(C)C(=O)OC1(C)C2CC3CC(C2)CC1C3.CCC(C)(C)C(=O)OC12CC3CC(CC(OCC(CO)CO)(C3)C1)C2.CCC(C)(C)C(=O)OC1C2CC3C(=O)OC1C3C2.CCC(C)(C)C(=O)OC1C2CC3C(=O)OC1C3C2.CCC(C)(C)C(=O)OC1CC2CC1C1CCCC21.CCC(C)(C)C(=O)OCC1COC(=O)O1.CCC1(OC(=O)C(C)(C)CC)CCCC1.CCC1(OC(=O)C(C)(C)CC)CCCC1. The van der Waals surface area contributed by atoms with E-state index >= 15 is 0 Å². The second kappa shape index (κ2) is 46.8. The van der Waals surface area contributed by atoms with Gasteiger partial charge in [-0.25, -0.2) is 4.79 Å². The van der Waals surface area contributed by atoms with Crippen molar-refractivity contribution in [2.75, 3.05) is 33.0 Å². The van der Waals surface area contributed by atoms with Crippen molar-refractivity contribution in [1.29, 1.82) is 0 Å². The molecule has 20 fully saturated rings. The molecule has 18 atom stereocenters. The van der Waals surface area contributed by atoms with Crippen molar-refractivity contribution in [3.05, 3.63) is 0 Å². The van der Waals surface area contributed by atoms with Gasteiger partial charge in [0.2, 0.25) is 0 Å². The third-order valence-electron chi connectivity index (χ3n) is 39.9. The largest absolute Gasteiger partial charge is 0.508 e. The van der Waals surface area contributed by atoms with Gasteiger partial charge in [-0.1, -0.05) is 75.7 Å². The number of esters is 10. The molecular weight excluding hydrogens is 1820 g/mol. The topological polar surface area (TPSA) is 348 Å². The van der Waals surface area contributed by atoms with Crippen LogP contribution in [-0.2, 0) is 110 Å². The van der Waals surface area contributed by atoms with Gasteiger partial charge in [-0.2, -0.15) is 0 Å². The van der Waals surface area contributed by atoms with Crippen LogP contribution in [0.2, 0.25) is 0 Å². The molecule has 18 unspecified atom stereocenters. The fraction of sp³-hybridized carbons (Fsp3) is 0.906. The quantitative estimate of drug-likeness (QED) is 0.0466. The number of ether oxygens (including phenoxy) is 13. The van der Waals surface area contributed by atoms with E-state index in [0.717, 1.165) is 177 Å². The lowest BCUT2D eigenvalue weighted by Gasteiger charge is -2.61. The van der Waals surface area contributed by atoms with E-state index in [1.165, 1.54) is 89.9 Å². The highest BCUT2D eigenvalue weighted by molar-refractivity contribution is 5.81. The van der Waals surface area contributed by atoms with Gasteiger partial charge in [0.05, 0.1) is 80.6 Å². The van der Waals surface area contributed by atoms with Crippen LogP contribution in [-0.4, -0.2) is 174 Å². The molecule has 17 saturated carbocycles. The monoisotopic (exact) mass is 2010 g/mol. The average molecular weight is 2010 g/mol. The molecule has 2 N–H and O–H groups in total. The van der Waals surface area contributed by atoms with Crippen LogP contribution in [0.4, 0.5) is 4.79 Å².